The molecule has 0 bridgehead atoms. The number of hydrogen-bond acceptors (Lipinski definition) is 8. The van der Waals surface area contributed by atoms with Gasteiger partial charge >= 0.3 is 12.0 Å². The predicted molar refractivity (Wildman–Crippen MR) is 120 cm³/mol. The summed E-state index contributed by atoms with van der Waals surface area (Å²) < 4.78 is 11.5. The maximum Gasteiger partial charge on any atom is 0.315 e. The summed E-state index contributed by atoms with van der Waals surface area (Å²) >= 11 is 1.84. The fourth-order valence-electron chi connectivity index (χ4n) is 5.04. The molecule has 2 amide bonds. The van der Waals surface area contributed by atoms with Crippen molar-refractivity contribution in [3.63, 3.8) is 0 Å². The third-order valence-electron chi connectivity index (χ3n) is 7.88. The number of hydrogen-bond donors (Lipinski definition) is 5. The molecule has 0 spiro atoms. The zero-order valence-electron chi connectivity index (χ0n) is 19.8. The van der Waals surface area contributed by atoms with Gasteiger partial charge in [0.1, 0.15) is 29.0 Å². The molecule has 0 aromatic carbocycles. The quantitative estimate of drug-likeness (QED) is 0.210. The van der Waals surface area contributed by atoms with Crippen LogP contribution in [0.25, 0.3) is 0 Å². The molecule has 3 heterocycles. The number of aliphatic hydroxyl groups is 3. The van der Waals surface area contributed by atoms with Gasteiger partial charge in [0.25, 0.3) is 0 Å². The summed E-state index contributed by atoms with van der Waals surface area (Å²) in [5.41, 5.74) is -6.70. The van der Waals surface area contributed by atoms with E-state index >= 15 is 0 Å². The molecule has 184 valence electrons. The Morgan fingerprint density at radius 3 is 2.47 bits per heavy atom. The lowest BCUT2D eigenvalue weighted by Crippen LogP contribution is -2.81. The largest absolute Gasteiger partial charge is 0.460 e. The van der Waals surface area contributed by atoms with Gasteiger partial charge in [0.05, 0.1) is 17.7 Å². The van der Waals surface area contributed by atoms with Gasteiger partial charge in [-0.15, -0.1) is 0 Å². The summed E-state index contributed by atoms with van der Waals surface area (Å²) in [6, 6.07) is 0.236. The number of nitrogens with one attached hydrogen (secondary N) is 2. The van der Waals surface area contributed by atoms with Crippen molar-refractivity contribution in [3.05, 3.63) is 0 Å². The molecule has 3 fully saturated rings. The first-order valence-corrected chi connectivity index (χ1v) is 12.4. The number of rotatable bonds is 7. The number of carbonyl (C=O) groups is 2. The number of amides is 2. The highest BCUT2D eigenvalue weighted by Crippen LogP contribution is 2.49. The van der Waals surface area contributed by atoms with E-state index in [9.17, 15) is 24.9 Å². The zero-order chi connectivity index (χ0) is 24.1. The third kappa shape index (κ3) is 4.24. The van der Waals surface area contributed by atoms with E-state index in [1.54, 1.807) is 20.8 Å². The Kier molecular flexibility index (Phi) is 6.88. The van der Waals surface area contributed by atoms with E-state index in [1.165, 1.54) is 20.8 Å². The summed E-state index contributed by atoms with van der Waals surface area (Å²) in [4.78, 5) is 23.9. The van der Waals surface area contributed by atoms with Crippen molar-refractivity contribution in [1.29, 1.82) is 0 Å². The summed E-state index contributed by atoms with van der Waals surface area (Å²) in [6.45, 7) is 9.06. The van der Waals surface area contributed by atoms with Gasteiger partial charge in [-0.3, -0.25) is 4.79 Å². The minimum Gasteiger partial charge on any atom is -0.460 e. The Morgan fingerprint density at radius 1 is 1.16 bits per heavy atom. The minimum atomic E-state index is -1.91. The average Bonchev–Trinajstić information content (AvgIpc) is 3.21. The minimum absolute atomic E-state index is 0.104. The Labute approximate surface area is 194 Å². The number of thioether (sulfide) groups is 1. The van der Waals surface area contributed by atoms with Gasteiger partial charge in [-0.05, 0) is 54.4 Å². The Bertz CT molecular complexity index is 740. The zero-order valence-corrected chi connectivity index (χ0v) is 20.6. The molecular formula is C22H38N2O7S. The SMILES string of the molecule is C[C@H](OC(=O)CCCCC1SC[C@@H]2NC(=O)N[C@H]12)[C@H]1OC(C)(C)C(C)(O)C(C)(O)C1(C)O. The molecule has 4 unspecified atom stereocenters. The van der Waals surface area contributed by atoms with Crippen LogP contribution in [0.1, 0.15) is 67.2 Å². The highest BCUT2D eigenvalue weighted by molar-refractivity contribution is 8.00. The van der Waals surface area contributed by atoms with Crippen LogP contribution < -0.4 is 10.6 Å². The number of unbranched alkanes of at least 4 members (excludes halogenated alkanes) is 1. The molecule has 0 aromatic rings. The van der Waals surface area contributed by atoms with Gasteiger partial charge < -0.3 is 35.4 Å². The second-order valence-corrected chi connectivity index (χ2v) is 11.7. The molecule has 3 aliphatic rings. The summed E-state index contributed by atoms with van der Waals surface area (Å²) in [5.74, 6) is 0.501. The predicted octanol–water partition coefficient (Wildman–Crippen LogP) is 1.07. The maximum atomic E-state index is 12.4. The van der Waals surface area contributed by atoms with Crippen LogP contribution in [0, 0.1) is 0 Å². The number of esters is 1. The summed E-state index contributed by atoms with van der Waals surface area (Å²) in [7, 11) is 0. The molecule has 0 radical (unpaired) electrons. The van der Waals surface area contributed by atoms with Crippen molar-refractivity contribution in [1.82, 2.24) is 10.6 Å². The topological polar surface area (TPSA) is 137 Å². The van der Waals surface area contributed by atoms with Crippen LogP contribution in [-0.4, -0.2) is 85.0 Å². The molecule has 0 saturated carbocycles. The Balaban J connectivity index is 1.49. The molecule has 32 heavy (non-hydrogen) atoms. The van der Waals surface area contributed by atoms with Gasteiger partial charge in [-0.1, -0.05) is 6.42 Å². The van der Waals surface area contributed by atoms with Gasteiger partial charge in [-0.25, -0.2) is 4.79 Å². The van der Waals surface area contributed by atoms with E-state index in [2.05, 4.69) is 10.6 Å². The molecule has 8 atom stereocenters. The first-order chi connectivity index (χ1) is 14.6. The number of urea groups is 1. The van der Waals surface area contributed by atoms with Crippen molar-refractivity contribution in [2.45, 2.75) is 119 Å². The van der Waals surface area contributed by atoms with E-state index in [0.29, 0.717) is 11.7 Å². The van der Waals surface area contributed by atoms with Gasteiger partial charge in [0.2, 0.25) is 0 Å². The van der Waals surface area contributed by atoms with E-state index < -0.39 is 40.6 Å². The molecular weight excluding hydrogens is 436 g/mol. The van der Waals surface area contributed by atoms with Crippen LogP contribution in [0.15, 0.2) is 0 Å². The van der Waals surface area contributed by atoms with E-state index in [0.717, 1.165) is 18.6 Å². The molecule has 9 nitrogen and oxygen atoms in total. The van der Waals surface area contributed by atoms with Crippen molar-refractivity contribution in [2.24, 2.45) is 0 Å². The second kappa shape index (κ2) is 8.61. The molecule has 3 saturated heterocycles. The number of fused-ring (bicyclic) bond motifs is 1. The van der Waals surface area contributed by atoms with E-state index in [1.807, 2.05) is 11.8 Å². The summed E-state index contributed by atoms with van der Waals surface area (Å²) in [5, 5.41) is 39.2. The molecule has 3 aliphatic heterocycles. The van der Waals surface area contributed by atoms with Gasteiger partial charge in [0.15, 0.2) is 0 Å². The van der Waals surface area contributed by atoms with Crippen molar-refractivity contribution >= 4 is 23.8 Å². The third-order valence-corrected chi connectivity index (χ3v) is 9.39. The molecule has 3 rings (SSSR count). The van der Waals surface area contributed by atoms with E-state index in [-0.39, 0.29) is 24.5 Å². The lowest BCUT2D eigenvalue weighted by Gasteiger charge is -2.62. The molecule has 10 heteroatoms. The van der Waals surface area contributed by atoms with Crippen molar-refractivity contribution in [2.75, 3.05) is 5.75 Å². The van der Waals surface area contributed by atoms with Crippen LogP contribution in [0.2, 0.25) is 0 Å². The second-order valence-electron chi connectivity index (χ2n) is 10.4. The Morgan fingerprint density at radius 2 is 1.81 bits per heavy atom. The van der Waals surface area contributed by atoms with Crippen molar-refractivity contribution < 1.29 is 34.4 Å². The highest BCUT2D eigenvalue weighted by Gasteiger charge is 2.69. The van der Waals surface area contributed by atoms with Gasteiger partial charge in [0, 0.05) is 17.4 Å². The lowest BCUT2D eigenvalue weighted by atomic mass is 9.61. The van der Waals surface area contributed by atoms with Crippen LogP contribution in [-0.2, 0) is 14.3 Å². The maximum absolute atomic E-state index is 12.4. The lowest BCUT2D eigenvalue weighted by molar-refractivity contribution is -0.375. The van der Waals surface area contributed by atoms with Crippen LogP contribution in [0.3, 0.4) is 0 Å². The standard InChI is InChI=1S/C22H38N2O7S/c1-12(17-20(4,27)22(6,29)21(5,28)19(2,3)31-17)30-15(25)10-8-7-9-14-16-13(11-32-14)23-18(26)24-16/h12-14,16-17,27-29H,7-11H2,1-6H3,(H2,23,24,26)/t12-,13-,14?,16-,17+,20?,21?,22?/m0/s1. The van der Waals surface area contributed by atoms with E-state index in [4.69, 9.17) is 9.47 Å². The molecule has 5 N–H and O–H groups in total. The van der Waals surface area contributed by atoms with Crippen LogP contribution in [0.5, 0.6) is 0 Å². The Hall–Kier alpha value is -1.07. The monoisotopic (exact) mass is 474 g/mol. The smallest absolute Gasteiger partial charge is 0.315 e. The first kappa shape index (κ1) is 25.6. The fraction of sp³-hybridized carbons (Fsp3) is 0.909. The average molecular weight is 475 g/mol. The van der Waals surface area contributed by atoms with Crippen LogP contribution >= 0.6 is 11.8 Å². The molecule has 0 aliphatic carbocycles. The highest BCUT2D eigenvalue weighted by atomic mass is 32.2. The molecule has 0 aromatic heterocycles. The normalized spacial score (nSPS) is 43.8. The fourth-order valence-corrected chi connectivity index (χ4v) is 6.59. The van der Waals surface area contributed by atoms with Gasteiger partial charge in [-0.2, -0.15) is 11.8 Å². The first-order valence-electron chi connectivity index (χ1n) is 11.3. The summed E-state index contributed by atoms with van der Waals surface area (Å²) in [6.07, 6.45) is 0.770. The number of carbonyl (C=O) groups excluding carboxylic acids is 2. The number of ether oxygens (including phenoxy) is 2. The van der Waals surface area contributed by atoms with Crippen molar-refractivity contribution in [3.8, 4) is 0 Å². The van der Waals surface area contributed by atoms with Crippen LogP contribution in [0.4, 0.5) is 4.79 Å².